The molecule has 1 rings (SSSR count). The molecule has 4 heteroatoms. The fourth-order valence-electron chi connectivity index (χ4n) is 2.71. The van der Waals surface area contributed by atoms with Crippen molar-refractivity contribution in [2.45, 2.75) is 40.2 Å². The Morgan fingerprint density at radius 2 is 1.60 bits per heavy atom. The van der Waals surface area contributed by atoms with Crippen molar-refractivity contribution in [3.05, 3.63) is 0 Å². The predicted molar refractivity (Wildman–Crippen MR) is 61.4 cm³/mol. The van der Waals surface area contributed by atoms with Crippen LogP contribution in [0.3, 0.4) is 0 Å². The van der Waals surface area contributed by atoms with Crippen LogP contribution in [0.5, 0.6) is 0 Å². The van der Waals surface area contributed by atoms with Crippen LogP contribution in [-0.4, -0.2) is 31.6 Å². The smallest absolute Gasteiger partial charge is 0.147 e. The molecule has 0 aromatic heterocycles. The van der Waals surface area contributed by atoms with Crippen LogP contribution in [0.1, 0.15) is 34.1 Å². The highest BCUT2D eigenvalue weighted by Crippen LogP contribution is 2.69. The van der Waals surface area contributed by atoms with Gasteiger partial charge in [-0.1, -0.05) is 27.7 Å². The first-order valence-corrected chi connectivity index (χ1v) is 7.42. The molecule has 15 heavy (non-hydrogen) atoms. The maximum atomic E-state index is 11.0. The lowest BCUT2D eigenvalue weighted by Gasteiger charge is -2.11. The maximum Gasteiger partial charge on any atom is 0.147 e. The normalized spacial score (nSPS) is 26.3. The van der Waals surface area contributed by atoms with Gasteiger partial charge in [-0.15, -0.1) is 0 Å². The largest absolute Gasteiger partial charge is 0.393 e. The van der Waals surface area contributed by atoms with E-state index in [4.69, 9.17) is 0 Å². The topological polar surface area (TPSA) is 54.4 Å². The summed E-state index contributed by atoms with van der Waals surface area (Å²) in [6.07, 6.45) is 1.07. The van der Waals surface area contributed by atoms with Crippen molar-refractivity contribution in [2.24, 2.45) is 16.7 Å². The Labute approximate surface area is 92.8 Å². The van der Waals surface area contributed by atoms with Crippen molar-refractivity contribution in [3.8, 4) is 0 Å². The maximum absolute atomic E-state index is 11.0. The Hall–Kier alpha value is -0.0900. The van der Waals surface area contributed by atoms with E-state index in [0.29, 0.717) is 6.42 Å². The zero-order valence-corrected chi connectivity index (χ0v) is 11.1. The number of hydrogen-bond acceptors (Lipinski definition) is 3. The molecule has 3 nitrogen and oxygen atoms in total. The minimum atomic E-state index is -2.96. The zero-order chi connectivity index (χ0) is 12.1. The van der Waals surface area contributed by atoms with Gasteiger partial charge in [-0.3, -0.25) is 0 Å². The summed E-state index contributed by atoms with van der Waals surface area (Å²) in [5.74, 6) is 0.295. The van der Waals surface area contributed by atoms with Gasteiger partial charge in [-0.05, 0) is 23.2 Å². The van der Waals surface area contributed by atoms with Crippen molar-refractivity contribution >= 4 is 9.84 Å². The number of aliphatic hydroxyl groups is 1. The van der Waals surface area contributed by atoms with Gasteiger partial charge < -0.3 is 5.11 Å². The number of aliphatic hydroxyl groups excluding tert-OH is 1. The molecule has 0 heterocycles. The number of rotatable bonds is 4. The summed E-state index contributed by atoms with van der Waals surface area (Å²) < 4.78 is 22.0. The molecule has 1 unspecified atom stereocenters. The molecule has 1 saturated carbocycles. The van der Waals surface area contributed by atoms with Crippen LogP contribution in [0.4, 0.5) is 0 Å². The number of hydrogen-bond donors (Lipinski definition) is 1. The molecule has 0 radical (unpaired) electrons. The van der Waals surface area contributed by atoms with Gasteiger partial charge in [0.25, 0.3) is 0 Å². The van der Waals surface area contributed by atoms with E-state index in [1.807, 2.05) is 0 Å². The molecular weight excluding hydrogens is 212 g/mol. The minimum Gasteiger partial charge on any atom is -0.393 e. The molecule has 0 aliphatic heterocycles. The van der Waals surface area contributed by atoms with Gasteiger partial charge >= 0.3 is 0 Å². The highest BCUT2D eigenvalue weighted by molar-refractivity contribution is 7.90. The summed E-state index contributed by atoms with van der Waals surface area (Å²) in [5.41, 5.74) is 0.230. The monoisotopic (exact) mass is 234 g/mol. The van der Waals surface area contributed by atoms with Gasteiger partial charge in [-0.2, -0.15) is 0 Å². The summed E-state index contributed by atoms with van der Waals surface area (Å²) in [6.45, 7) is 8.51. The van der Waals surface area contributed by atoms with Gasteiger partial charge in [0.2, 0.25) is 0 Å². The average molecular weight is 234 g/mol. The van der Waals surface area contributed by atoms with E-state index in [1.165, 1.54) is 6.26 Å². The average Bonchev–Trinajstić information content (AvgIpc) is 2.37. The lowest BCUT2D eigenvalue weighted by atomic mass is 10.0. The minimum absolute atomic E-state index is 0.0802. The Balaban J connectivity index is 2.55. The van der Waals surface area contributed by atoms with E-state index < -0.39 is 15.9 Å². The van der Waals surface area contributed by atoms with Gasteiger partial charge in [0.05, 0.1) is 11.9 Å². The van der Waals surface area contributed by atoms with E-state index in [-0.39, 0.29) is 22.5 Å². The molecule has 1 aliphatic carbocycles. The summed E-state index contributed by atoms with van der Waals surface area (Å²) in [6, 6.07) is 0. The Morgan fingerprint density at radius 3 is 1.87 bits per heavy atom. The fourth-order valence-corrected chi connectivity index (χ4v) is 3.38. The van der Waals surface area contributed by atoms with Crippen LogP contribution in [0.25, 0.3) is 0 Å². The summed E-state index contributed by atoms with van der Waals surface area (Å²) in [7, 11) is -2.96. The van der Waals surface area contributed by atoms with Gasteiger partial charge in [-0.25, -0.2) is 8.42 Å². The molecule has 0 amide bonds. The van der Waals surface area contributed by atoms with Gasteiger partial charge in [0.15, 0.2) is 0 Å². The molecule has 0 saturated heterocycles. The van der Waals surface area contributed by atoms with Crippen LogP contribution in [0.2, 0.25) is 0 Å². The van der Waals surface area contributed by atoms with Crippen molar-refractivity contribution in [2.75, 3.05) is 12.0 Å². The van der Waals surface area contributed by atoms with Crippen molar-refractivity contribution in [3.63, 3.8) is 0 Å². The van der Waals surface area contributed by atoms with Crippen molar-refractivity contribution in [1.29, 1.82) is 0 Å². The predicted octanol–water partition coefficient (Wildman–Crippen LogP) is 1.46. The molecule has 0 aromatic carbocycles. The Morgan fingerprint density at radius 1 is 1.20 bits per heavy atom. The third-order valence-corrected chi connectivity index (χ3v) is 5.28. The molecule has 1 fully saturated rings. The lowest BCUT2D eigenvalue weighted by molar-refractivity contribution is 0.126. The van der Waals surface area contributed by atoms with Crippen LogP contribution < -0.4 is 0 Å². The highest BCUT2D eigenvalue weighted by atomic mass is 32.2. The summed E-state index contributed by atoms with van der Waals surface area (Å²) in [5, 5.41) is 9.96. The van der Waals surface area contributed by atoms with E-state index in [9.17, 15) is 13.5 Å². The molecule has 1 aliphatic rings. The van der Waals surface area contributed by atoms with Gasteiger partial charge in [0, 0.05) is 6.26 Å². The molecule has 90 valence electrons. The molecule has 0 spiro atoms. The van der Waals surface area contributed by atoms with Crippen LogP contribution in [0.15, 0.2) is 0 Å². The second-order valence-electron chi connectivity index (χ2n) is 5.91. The third-order valence-electron chi connectivity index (χ3n) is 4.30. The molecule has 1 N–H and O–H groups in total. The molecule has 1 atom stereocenters. The Bertz CT molecular complexity index is 327. The second-order valence-corrected chi connectivity index (χ2v) is 8.17. The lowest BCUT2D eigenvalue weighted by Crippen LogP contribution is -2.19. The quantitative estimate of drug-likeness (QED) is 0.801. The van der Waals surface area contributed by atoms with Gasteiger partial charge in [0.1, 0.15) is 9.84 Å². The van der Waals surface area contributed by atoms with E-state index in [2.05, 4.69) is 27.7 Å². The SMILES string of the molecule is CC1(C)C(C(O)CCS(C)(=O)=O)C1(C)C. The van der Waals surface area contributed by atoms with E-state index >= 15 is 0 Å². The third kappa shape index (κ3) is 2.36. The standard InChI is InChI=1S/C11H22O3S/c1-10(2)9(11(10,3)4)8(12)6-7-15(5,13)14/h8-9,12H,6-7H2,1-5H3. The van der Waals surface area contributed by atoms with Crippen molar-refractivity contribution in [1.82, 2.24) is 0 Å². The van der Waals surface area contributed by atoms with E-state index in [1.54, 1.807) is 0 Å². The summed E-state index contributed by atoms with van der Waals surface area (Å²) >= 11 is 0. The molecule has 0 bridgehead atoms. The highest BCUT2D eigenvalue weighted by Gasteiger charge is 2.66. The zero-order valence-electron chi connectivity index (χ0n) is 10.2. The first-order valence-electron chi connectivity index (χ1n) is 5.36. The molecular formula is C11H22O3S. The summed E-state index contributed by atoms with van der Waals surface area (Å²) in [4.78, 5) is 0. The van der Waals surface area contributed by atoms with Crippen LogP contribution >= 0.6 is 0 Å². The van der Waals surface area contributed by atoms with E-state index in [0.717, 1.165) is 0 Å². The first-order chi connectivity index (χ1) is 6.50. The number of sulfone groups is 1. The van der Waals surface area contributed by atoms with Crippen LogP contribution in [-0.2, 0) is 9.84 Å². The molecule has 0 aromatic rings. The first kappa shape index (κ1) is 13.0. The van der Waals surface area contributed by atoms with Crippen LogP contribution in [0, 0.1) is 16.7 Å². The van der Waals surface area contributed by atoms with Crippen molar-refractivity contribution < 1.29 is 13.5 Å². The second kappa shape index (κ2) is 3.45. The Kier molecular flexibility index (Phi) is 2.99. The fraction of sp³-hybridized carbons (Fsp3) is 1.00.